The molecule has 0 bridgehead atoms. The van der Waals surface area contributed by atoms with E-state index in [1.54, 1.807) is 19.1 Å². The average Bonchev–Trinajstić information content (AvgIpc) is 3.39. The second kappa shape index (κ2) is 6.01. The molecule has 0 unspecified atom stereocenters. The number of aliphatic hydroxyl groups is 1. The molecular weight excluding hydrogens is 364 g/mol. The van der Waals surface area contributed by atoms with Gasteiger partial charge in [-0.25, -0.2) is 0 Å². The third-order valence-corrected chi connectivity index (χ3v) is 6.07. The second-order valence-corrected chi connectivity index (χ2v) is 7.48. The van der Waals surface area contributed by atoms with Gasteiger partial charge in [0.05, 0.1) is 6.10 Å². The number of methoxy groups -OCH3 is 1. The van der Waals surface area contributed by atoms with Gasteiger partial charge in [-0.3, -0.25) is 0 Å². The minimum absolute atomic E-state index is 0.173. The molecule has 1 saturated heterocycles. The third-order valence-electron chi connectivity index (χ3n) is 6.07. The smallest absolute Gasteiger partial charge is 0.231 e. The molecule has 0 saturated carbocycles. The van der Waals surface area contributed by atoms with Crippen molar-refractivity contribution in [3.8, 4) is 23.0 Å². The topological polar surface area (TPSA) is 75.6 Å². The van der Waals surface area contributed by atoms with Gasteiger partial charge in [-0.15, -0.1) is 0 Å². The van der Waals surface area contributed by atoms with E-state index in [0.29, 0.717) is 28.6 Å². The van der Waals surface area contributed by atoms with Gasteiger partial charge in [-0.2, -0.15) is 0 Å². The van der Waals surface area contributed by atoms with Crippen molar-refractivity contribution in [3.63, 3.8) is 0 Å². The van der Waals surface area contributed by atoms with Gasteiger partial charge >= 0.3 is 0 Å². The highest BCUT2D eigenvalue weighted by Crippen LogP contribution is 2.57. The van der Waals surface area contributed by atoms with E-state index >= 15 is 0 Å². The Labute approximate surface area is 162 Å². The van der Waals surface area contributed by atoms with Gasteiger partial charge in [-0.1, -0.05) is 13.0 Å². The standard InChI is InChI=1S/C21H22O7/c1-12-19(13-4-6-15-17(8-13)26-10-24-15)28-21(23-3,20(12,2)22)14-5-7-16-18(9-14)27-11-25-16/h4-9,12,19,22H,10-11H2,1-3H3/t12-,19+,20-,21-/m1/s1. The molecule has 3 heterocycles. The lowest BCUT2D eigenvalue weighted by Gasteiger charge is -2.38. The Balaban J connectivity index is 1.57. The van der Waals surface area contributed by atoms with Crippen LogP contribution in [0.4, 0.5) is 0 Å². The zero-order valence-corrected chi connectivity index (χ0v) is 15.9. The summed E-state index contributed by atoms with van der Waals surface area (Å²) in [4.78, 5) is 0. The van der Waals surface area contributed by atoms with Crippen LogP contribution in [0.1, 0.15) is 31.1 Å². The maximum atomic E-state index is 11.5. The molecular formula is C21H22O7. The Morgan fingerprint density at radius 1 is 0.929 bits per heavy atom. The number of hydrogen-bond acceptors (Lipinski definition) is 7. The van der Waals surface area contributed by atoms with Crippen LogP contribution in [-0.2, 0) is 15.3 Å². The van der Waals surface area contributed by atoms with Gasteiger partial charge < -0.3 is 33.5 Å². The summed E-state index contributed by atoms with van der Waals surface area (Å²) < 4.78 is 34.1. The van der Waals surface area contributed by atoms with Gasteiger partial charge in [0, 0.05) is 18.6 Å². The molecule has 3 aliphatic rings. The highest BCUT2D eigenvalue weighted by atomic mass is 16.7. The largest absolute Gasteiger partial charge is 0.454 e. The maximum absolute atomic E-state index is 11.5. The van der Waals surface area contributed by atoms with Gasteiger partial charge in [0.15, 0.2) is 23.0 Å². The average molecular weight is 386 g/mol. The molecule has 148 valence electrons. The summed E-state index contributed by atoms with van der Waals surface area (Å²) >= 11 is 0. The fourth-order valence-corrected chi connectivity index (χ4v) is 4.28. The predicted molar refractivity (Wildman–Crippen MR) is 97.4 cm³/mol. The Bertz CT molecular complexity index is 925. The maximum Gasteiger partial charge on any atom is 0.231 e. The SMILES string of the molecule is CO[C@]1(c2ccc3c(c2)OCO3)O[C@H](c2ccc3c(c2)OCO3)[C@@H](C)[C@@]1(C)O. The van der Waals surface area contributed by atoms with Crippen LogP contribution in [0.2, 0.25) is 0 Å². The van der Waals surface area contributed by atoms with Crippen molar-refractivity contribution in [3.05, 3.63) is 47.5 Å². The van der Waals surface area contributed by atoms with E-state index in [2.05, 4.69) is 0 Å². The number of hydrogen-bond donors (Lipinski definition) is 1. The van der Waals surface area contributed by atoms with Gasteiger partial charge in [-0.05, 0) is 42.8 Å². The molecule has 0 radical (unpaired) electrons. The summed E-state index contributed by atoms with van der Waals surface area (Å²) in [5.41, 5.74) is 0.243. The monoisotopic (exact) mass is 386 g/mol. The minimum atomic E-state index is -1.37. The van der Waals surface area contributed by atoms with Crippen LogP contribution in [0, 0.1) is 5.92 Å². The molecule has 1 fully saturated rings. The zero-order chi connectivity index (χ0) is 19.5. The molecule has 0 aromatic heterocycles. The molecule has 5 rings (SSSR count). The van der Waals surface area contributed by atoms with Crippen LogP contribution in [0.15, 0.2) is 36.4 Å². The van der Waals surface area contributed by atoms with E-state index in [4.69, 9.17) is 28.4 Å². The summed E-state index contributed by atoms with van der Waals surface area (Å²) in [6.07, 6.45) is -0.408. The number of benzene rings is 2. The van der Waals surface area contributed by atoms with Crippen molar-refractivity contribution in [1.29, 1.82) is 0 Å². The first-order valence-corrected chi connectivity index (χ1v) is 9.21. The zero-order valence-electron chi connectivity index (χ0n) is 15.9. The molecule has 0 spiro atoms. The summed E-state index contributed by atoms with van der Waals surface area (Å²) in [7, 11) is 1.54. The van der Waals surface area contributed by atoms with Crippen LogP contribution in [0.5, 0.6) is 23.0 Å². The predicted octanol–water partition coefficient (Wildman–Crippen LogP) is 3.10. The lowest BCUT2D eigenvalue weighted by atomic mass is 9.79. The molecule has 0 aliphatic carbocycles. The summed E-state index contributed by atoms with van der Waals surface area (Å²) in [5, 5.41) is 11.5. The molecule has 2 aromatic rings. The highest BCUT2D eigenvalue weighted by Gasteiger charge is 2.63. The first kappa shape index (κ1) is 17.6. The van der Waals surface area contributed by atoms with E-state index in [9.17, 15) is 5.11 Å². The van der Waals surface area contributed by atoms with E-state index < -0.39 is 17.5 Å². The molecule has 0 amide bonds. The van der Waals surface area contributed by atoms with Gasteiger partial charge in [0.2, 0.25) is 19.4 Å². The summed E-state index contributed by atoms with van der Waals surface area (Å²) in [6.45, 7) is 4.06. The van der Waals surface area contributed by atoms with Crippen LogP contribution >= 0.6 is 0 Å². The Morgan fingerprint density at radius 3 is 2.21 bits per heavy atom. The third kappa shape index (κ3) is 2.27. The highest BCUT2D eigenvalue weighted by molar-refractivity contribution is 5.48. The van der Waals surface area contributed by atoms with E-state index in [1.165, 1.54) is 7.11 Å². The second-order valence-electron chi connectivity index (χ2n) is 7.48. The van der Waals surface area contributed by atoms with E-state index in [0.717, 1.165) is 5.56 Å². The van der Waals surface area contributed by atoms with E-state index in [-0.39, 0.29) is 19.5 Å². The lowest BCUT2D eigenvalue weighted by Crippen LogP contribution is -2.50. The minimum Gasteiger partial charge on any atom is -0.454 e. The van der Waals surface area contributed by atoms with Gasteiger partial charge in [0.25, 0.3) is 0 Å². The summed E-state index contributed by atoms with van der Waals surface area (Å²) in [6, 6.07) is 11.1. The number of fused-ring (bicyclic) bond motifs is 2. The van der Waals surface area contributed by atoms with Crippen LogP contribution < -0.4 is 18.9 Å². The molecule has 2 aromatic carbocycles. The normalized spacial score (nSPS) is 32.7. The lowest BCUT2D eigenvalue weighted by molar-refractivity contribution is -0.285. The van der Waals surface area contributed by atoms with E-state index in [1.807, 2.05) is 31.2 Å². The molecule has 4 atom stereocenters. The quantitative estimate of drug-likeness (QED) is 0.869. The van der Waals surface area contributed by atoms with Crippen LogP contribution in [0.25, 0.3) is 0 Å². The molecule has 7 nitrogen and oxygen atoms in total. The van der Waals surface area contributed by atoms with Crippen LogP contribution in [0.3, 0.4) is 0 Å². The number of ether oxygens (including phenoxy) is 6. The van der Waals surface area contributed by atoms with Crippen molar-refractivity contribution in [2.75, 3.05) is 20.7 Å². The van der Waals surface area contributed by atoms with Crippen LogP contribution in [-0.4, -0.2) is 31.4 Å². The Morgan fingerprint density at radius 2 is 1.54 bits per heavy atom. The fraction of sp³-hybridized carbons (Fsp3) is 0.429. The molecule has 3 aliphatic heterocycles. The fourth-order valence-electron chi connectivity index (χ4n) is 4.28. The molecule has 7 heteroatoms. The van der Waals surface area contributed by atoms with Crippen molar-refractivity contribution in [1.82, 2.24) is 0 Å². The first-order valence-electron chi connectivity index (χ1n) is 9.21. The Hall–Kier alpha value is -2.48. The summed E-state index contributed by atoms with van der Waals surface area (Å²) in [5.74, 6) is 1.01. The molecule has 28 heavy (non-hydrogen) atoms. The number of rotatable bonds is 3. The van der Waals surface area contributed by atoms with Gasteiger partial charge in [0.1, 0.15) is 5.60 Å². The molecule has 1 N–H and O–H groups in total. The first-order chi connectivity index (χ1) is 13.5. The van der Waals surface area contributed by atoms with Crippen molar-refractivity contribution in [2.45, 2.75) is 31.3 Å². The Kier molecular flexibility index (Phi) is 3.78. The van der Waals surface area contributed by atoms with Crippen molar-refractivity contribution in [2.24, 2.45) is 5.92 Å². The van der Waals surface area contributed by atoms with Crippen molar-refractivity contribution >= 4 is 0 Å². The van der Waals surface area contributed by atoms with Crippen molar-refractivity contribution < 1.29 is 33.5 Å².